The highest BCUT2D eigenvalue weighted by atomic mass is 35.5. The molecule has 0 aromatic heterocycles. The van der Waals surface area contributed by atoms with Gasteiger partial charge in [-0.05, 0) is 40.9 Å². The molecule has 0 spiro atoms. The Labute approximate surface area is 106 Å². The summed E-state index contributed by atoms with van der Waals surface area (Å²) in [6.45, 7) is 0. The van der Waals surface area contributed by atoms with Crippen molar-refractivity contribution in [2.45, 2.75) is 0 Å². The molecule has 0 saturated carbocycles. The molecular formula is C13H9BClFO. The van der Waals surface area contributed by atoms with Gasteiger partial charge in [-0.1, -0.05) is 23.7 Å². The van der Waals surface area contributed by atoms with Gasteiger partial charge >= 0.3 is 0 Å². The zero-order chi connectivity index (χ0) is 12.4. The van der Waals surface area contributed by atoms with Crippen molar-refractivity contribution >= 4 is 24.9 Å². The first-order valence-electron chi connectivity index (χ1n) is 5.01. The van der Waals surface area contributed by atoms with E-state index >= 15 is 0 Å². The first-order chi connectivity index (χ1) is 8.11. The van der Waals surface area contributed by atoms with Gasteiger partial charge in [0.1, 0.15) is 19.4 Å². The van der Waals surface area contributed by atoms with E-state index in [1.54, 1.807) is 24.3 Å². The Morgan fingerprint density at radius 1 is 1.18 bits per heavy atom. The van der Waals surface area contributed by atoms with Crippen LogP contribution < -0.4 is 10.2 Å². The van der Waals surface area contributed by atoms with Crippen LogP contribution in [-0.4, -0.2) is 15.0 Å². The van der Waals surface area contributed by atoms with Gasteiger partial charge in [0, 0.05) is 5.02 Å². The molecule has 0 aliphatic heterocycles. The maximum Gasteiger partial charge on any atom is 0.123 e. The Bertz CT molecular complexity index is 557. The Hall–Kier alpha value is -1.48. The van der Waals surface area contributed by atoms with Gasteiger partial charge in [-0.15, -0.1) is 0 Å². The molecule has 0 N–H and O–H groups in total. The van der Waals surface area contributed by atoms with Gasteiger partial charge in [-0.3, -0.25) is 0 Å². The molecule has 0 saturated heterocycles. The summed E-state index contributed by atoms with van der Waals surface area (Å²) in [5.74, 6) is -0.181. The molecule has 4 heteroatoms. The first-order valence-corrected chi connectivity index (χ1v) is 5.38. The van der Waals surface area contributed by atoms with E-state index in [0.29, 0.717) is 16.3 Å². The molecule has 2 radical (unpaired) electrons. The topological polar surface area (TPSA) is 9.23 Å². The number of halogens is 2. The molecule has 0 unspecified atom stereocenters. The highest BCUT2D eigenvalue weighted by Gasteiger charge is 2.08. The molecule has 2 aromatic rings. The number of methoxy groups -OCH3 is 1. The monoisotopic (exact) mass is 246 g/mol. The van der Waals surface area contributed by atoms with Gasteiger partial charge in [0.25, 0.3) is 0 Å². The molecule has 0 heterocycles. The zero-order valence-electron chi connectivity index (χ0n) is 9.21. The van der Waals surface area contributed by atoms with Crippen LogP contribution in [0.3, 0.4) is 0 Å². The van der Waals surface area contributed by atoms with Gasteiger partial charge < -0.3 is 4.74 Å². The molecule has 0 aliphatic rings. The SMILES string of the molecule is [B]c1c(F)cc(-c2cccc(Cl)c2)cc1OC. The van der Waals surface area contributed by atoms with Crippen LogP contribution in [0.5, 0.6) is 5.75 Å². The molecule has 17 heavy (non-hydrogen) atoms. The second kappa shape index (κ2) is 4.80. The summed E-state index contributed by atoms with van der Waals surface area (Å²) in [5, 5.41) is 0.596. The number of hydrogen-bond acceptors (Lipinski definition) is 1. The van der Waals surface area contributed by atoms with E-state index in [0.717, 1.165) is 5.56 Å². The van der Waals surface area contributed by atoms with Crippen molar-refractivity contribution in [3.05, 3.63) is 47.2 Å². The van der Waals surface area contributed by atoms with Crippen molar-refractivity contribution < 1.29 is 9.13 Å². The van der Waals surface area contributed by atoms with E-state index in [2.05, 4.69) is 0 Å². The van der Waals surface area contributed by atoms with E-state index in [4.69, 9.17) is 24.2 Å². The second-order valence-corrected chi connectivity index (χ2v) is 4.02. The third-order valence-electron chi connectivity index (χ3n) is 2.47. The highest BCUT2D eigenvalue weighted by molar-refractivity contribution is 6.34. The van der Waals surface area contributed by atoms with Gasteiger partial charge in [0.2, 0.25) is 0 Å². The maximum atomic E-state index is 13.6. The second-order valence-electron chi connectivity index (χ2n) is 3.58. The van der Waals surface area contributed by atoms with Crippen LogP contribution in [0.4, 0.5) is 4.39 Å². The van der Waals surface area contributed by atoms with Crippen LogP contribution >= 0.6 is 11.6 Å². The average molecular weight is 246 g/mol. The molecule has 2 aromatic carbocycles. The highest BCUT2D eigenvalue weighted by Crippen LogP contribution is 2.26. The minimum atomic E-state index is -0.501. The lowest BCUT2D eigenvalue weighted by atomic mass is 9.91. The molecule has 0 fully saturated rings. The molecule has 2 rings (SSSR count). The van der Waals surface area contributed by atoms with Gasteiger partial charge in [-0.2, -0.15) is 0 Å². The number of benzene rings is 2. The molecule has 0 bridgehead atoms. The average Bonchev–Trinajstić information content (AvgIpc) is 2.32. The Morgan fingerprint density at radius 3 is 2.59 bits per heavy atom. The minimum Gasteiger partial charge on any atom is -0.497 e. The summed E-state index contributed by atoms with van der Waals surface area (Å²) in [6.07, 6.45) is 0. The molecule has 84 valence electrons. The third-order valence-corrected chi connectivity index (χ3v) is 2.70. The van der Waals surface area contributed by atoms with E-state index in [1.807, 2.05) is 6.07 Å². The summed E-state index contributed by atoms with van der Waals surface area (Å²) < 4.78 is 18.6. The Balaban J connectivity index is 2.56. The summed E-state index contributed by atoms with van der Waals surface area (Å²) in [7, 11) is 7.00. The Morgan fingerprint density at radius 2 is 1.94 bits per heavy atom. The molecule has 0 amide bonds. The van der Waals surface area contributed by atoms with E-state index in [9.17, 15) is 4.39 Å². The standard InChI is InChI=1S/C13H9BClFO/c1-17-12-7-9(6-11(16)13(12)14)8-3-2-4-10(15)5-8/h2-7H,1H3. The van der Waals surface area contributed by atoms with Crippen LogP contribution in [-0.2, 0) is 0 Å². The van der Waals surface area contributed by atoms with Crippen LogP contribution in [0.1, 0.15) is 0 Å². The van der Waals surface area contributed by atoms with Crippen molar-refractivity contribution in [2.75, 3.05) is 7.11 Å². The molecule has 0 aliphatic carbocycles. The van der Waals surface area contributed by atoms with Crippen molar-refractivity contribution in [1.29, 1.82) is 0 Å². The zero-order valence-corrected chi connectivity index (χ0v) is 9.96. The van der Waals surface area contributed by atoms with E-state index < -0.39 is 5.82 Å². The van der Waals surface area contributed by atoms with Crippen molar-refractivity contribution in [2.24, 2.45) is 0 Å². The number of rotatable bonds is 2. The summed E-state index contributed by atoms with van der Waals surface area (Å²) in [6, 6.07) is 10.2. The fourth-order valence-electron chi connectivity index (χ4n) is 1.60. The smallest absolute Gasteiger partial charge is 0.123 e. The summed E-state index contributed by atoms with van der Waals surface area (Å²) in [4.78, 5) is 0. The molecule has 0 atom stereocenters. The van der Waals surface area contributed by atoms with E-state index in [-0.39, 0.29) is 5.46 Å². The number of ether oxygens (including phenoxy) is 1. The fraction of sp³-hybridized carbons (Fsp3) is 0.0769. The number of hydrogen-bond donors (Lipinski definition) is 0. The predicted octanol–water partition coefficient (Wildman–Crippen LogP) is 2.95. The normalized spacial score (nSPS) is 10.3. The lowest BCUT2D eigenvalue weighted by molar-refractivity contribution is 0.416. The van der Waals surface area contributed by atoms with Crippen LogP contribution in [0, 0.1) is 5.82 Å². The lowest BCUT2D eigenvalue weighted by Crippen LogP contribution is -2.12. The van der Waals surface area contributed by atoms with Gasteiger partial charge in [0.15, 0.2) is 0 Å². The third kappa shape index (κ3) is 2.45. The van der Waals surface area contributed by atoms with Crippen molar-refractivity contribution in [3.8, 4) is 16.9 Å². The van der Waals surface area contributed by atoms with E-state index in [1.165, 1.54) is 13.2 Å². The lowest BCUT2D eigenvalue weighted by Gasteiger charge is -2.10. The van der Waals surface area contributed by atoms with Crippen LogP contribution in [0.25, 0.3) is 11.1 Å². The van der Waals surface area contributed by atoms with Gasteiger partial charge in [0.05, 0.1) is 7.11 Å². The predicted molar refractivity (Wildman–Crippen MR) is 68.8 cm³/mol. The van der Waals surface area contributed by atoms with Crippen molar-refractivity contribution in [1.82, 2.24) is 0 Å². The molecular weight excluding hydrogens is 237 g/mol. The first kappa shape index (κ1) is 12.0. The largest absolute Gasteiger partial charge is 0.497 e. The summed E-state index contributed by atoms with van der Waals surface area (Å²) >= 11 is 5.89. The fourth-order valence-corrected chi connectivity index (χ4v) is 1.79. The maximum absolute atomic E-state index is 13.6. The Kier molecular flexibility index (Phi) is 3.39. The van der Waals surface area contributed by atoms with Gasteiger partial charge in [-0.25, -0.2) is 4.39 Å². The summed E-state index contributed by atoms with van der Waals surface area (Å²) in [5.41, 5.74) is 1.50. The minimum absolute atomic E-state index is 0.0123. The van der Waals surface area contributed by atoms with Crippen molar-refractivity contribution in [3.63, 3.8) is 0 Å². The van der Waals surface area contributed by atoms with Crippen LogP contribution in [0.2, 0.25) is 5.02 Å². The van der Waals surface area contributed by atoms with Crippen LogP contribution in [0.15, 0.2) is 36.4 Å². The quantitative estimate of drug-likeness (QED) is 0.740. The molecule has 1 nitrogen and oxygen atoms in total.